The third-order valence-electron chi connectivity index (χ3n) is 10.5. The highest BCUT2D eigenvalue weighted by atomic mass is 19.3. The van der Waals surface area contributed by atoms with Gasteiger partial charge in [0, 0.05) is 44.1 Å². The molecule has 6 saturated carbocycles. The van der Waals surface area contributed by atoms with Gasteiger partial charge in [0.2, 0.25) is 5.91 Å². The highest BCUT2D eigenvalue weighted by molar-refractivity contribution is 5.94. The predicted molar refractivity (Wildman–Crippen MR) is 136 cm³/mol. The van der Waals surface area contributed by atoms with Crippen LogP contribution in [0, 0.1) is 16.6 Å². The molecule has 1 aliphatic heterocycles. The smallest absolute Gasteiger partial charge is 0.322 e. The van der Waals surface area contributed by atoms with Gasteiger partial charge in [0.15, 0.2) is 5.82 Å². The number of nitrogens with zero attached hydrogens (tertiary/aromatic N) is 4. The molecule has 4 bridgehead atoms. The first-order valence-electron chi connectivity index (χ1n) is 14.2. The number of rotatable bonds is 8. The molecule has 2 heterocycles. The van der Waals surface area contributed by atoms with Gasteiger partial charge in [-0.2, -0.15) is 13.8 Å². The van der Waals surface area contributed by atoms with Crippen molar-refractivity contribution in [1.82, 2.24) is 10.1 Å². The lowest BCUT2D eigenvalue weighted by molar-refractivity contribution is -0.215. The number of aromatic nitrogens is 2. The fourth-order valence-electron chi connectivity index (χ4n) is 8.04. The van der Waals surface area contributed by atoms with Crippen LogP contribution in [0.4, 0.5) is 28.9 Å². The number of alkyl halides is 3. The van der Waals surface area contributed by atoms with Crippen LogP contribution in [0.2, 0.25) is 0 Å². The molecule has 0 radical (unpaired) electrons. The summed E-state index contributed by atoms with van der Waals surface area (Å²) in [6.45, 7) is 2.85. The monoisotopic (exact) mass is 546 g/mol. The predicted octanol–water partition coefficient (Wildman–Crippen LogP) is 6.44. The van der Waals surface area contributed by atoms with Gasteiger partial charge in [-0.3, -0.25) is 4.79 Å². The Labute approximate surface area is 225 Å². The normalized spacial score (nSPS) is 34.7. The van der Waals surface area contributed by atoms with Crippen LogP contribution in [0.5, 0.6) is 0 Å². The van der Waals surface area contributed by atoms with Crippen molar-refractivity contribution in [2.24, 2.45) is 10.8 Å². The number of anilines is 2. The van der Waals surface area contributed by atoms with E-state index in [0.717, 1.165) is 65.0 Å². The van der Waals surface area contributed by atoms with E-state index in [0.29, 0.717) is 49.4 Å². The number of carbonyl (C=O) groups excluding carboxylic acids is 1. The fourth-order valence-corrected chi connectivity index (χ4v) is 8.04. The molecule has 7 aliphatic rings. The van der Waals surface area contributed by atoms with Crippen LogP contribution < -0.4 is 9.80 Å². The van der Waals surface area contributed by atoms with Gasteiger partial charge in [0.1, 0.15) is 11.5 Å². The van der Waals surface area contributed by atoms with Crippen LogP contribution in [0.15, 0.2) is 22.7 Å². The second kappa shape index (κ2) is 8.19. The maximum atomic E-state index is 14.7. The summed E-state index contributed by atoms with van der Waals surface area (Å²) < 4.78 is 61.3. The van der Waals surface area contributed by atoms with Crippen molar-refractivity contribution in [3.8, 4) is 0 Å². The van der Waals surface area contributed by atoms with Crippen molar-refractivity contribution < 1.29 is 26.9 Å². The molecule has 1 aromatic carbocycles. The van der Waals surface area contributed by atoms with Gasteiger partial charge in [-0.15, -0.1) is 0 Å². The van der Waals surface area contributed by atoms with Crippen LogP contribution in [0.1, 0.15) is 89.3 Å². The summed E-state index contributed by atoms with van der Waals surface area (Å²) in [6, 6.07) is 4.93. The van der Waals surface area contributed by atoms with Gasteiger partial charge in [-0.05, 0) is 93.2 Å². The number of hydrogen-bond acceptors (Lipinski definition) is 5. The van der Waals surface area contributed by atoms with Crippen LogP contribution in [0.3, 0.4) is 0 Å². The molecule has 0 atom stereocenters. The van der Waals surface area contributed by atoms with E-state index in [1.807, 2.05) is 9.80 Å². The van der Waals surface area contributed by atoms with E-state index < -0.39 is 17.5 Å². The van der Waals surface area contributed by atoms with Gasteiger partial charge in [-0.1, -0.05) is 5.16 Å². The topological polar surface area (TPSA) is 62.5 Å². The van der Waals surface area contributed by atoms with Crippen molar-refractivity contribution >= 4 is 17.3 Å². The Morgan fingerprint density at radius 3 is 2.28 bits per heavy atom. The number of halogens is 4. The van der Waals surface area contributed by atoms with Gasteiger partial charge in [0.05, 0.1) is 5.69 Å². The molecule has 39 heavy (non-hydrogen) atoms. The Bertz CT molecular complexity index is 1270. The molecule has 2 aromatic rings. The zero-order chi connectivity index (χ0) is 27.3. The molecule has 1 amide bonds. The Morgan fingerprint density at radius 1 is 1.08 bits per heavy atom. The van der Waals surface area contributed by atoms with Crippen molar-refractivity contribution in [1.29, 1.82) is 0 Å². The number of fused-ring (bicyclic) bond motifs is 3. The molecule has 6 nitrogen and oxygen atoms in total. The molecule has 7 fully saturated rings. The summed E-state index contributed by atoms with van der Waals surface area (Å²) in [4.78, 5) is 21.8. The highest BCUT2D eigenvalue weighted by Crippen LogP contribution is 2.71. The van der Waals surface area contributed by atoms with Crippen LogP contribution >= 0.6 is 0 Å². The molecule has 0 spiro atoms. The molecule has 6 aliphatic carbocycles. The van der Waals surface area contributed by atoms with Crippen molar-refractivity contribution in [3.63, 3.8) is 0 Å². The third-order valence-corrected chi connectivity index (χ3v) is 10.5. The first kappa shape index (κ1) is 25.3. The Balaban J connectivity index is 1.13. The van der Waals surface area contributed by atoms with E-state index in [4.69, 9.17) is 4.52 Å². The lowest BCUT2D eigenvalue weighted by Gasteiger charge is -2.66. The first-order chi connectivity index (χ1) is 18.4. The molecule has 1 saturated heterocycles. The van der Waals surface area contributed by atoms with Gasteiger partial charge in [0.25, 0.3) is 5.89 Å². The van der Waals surface area contributed by atoms with Crippen molar-refractivity contribution in [2.45, 2.75) is 94.6 Å². The summed E-state index contributed by atoms with van der Waals surface area (Å²) in [5.74, 6) is -3.78. The summed E-state index contributed by atoms with van der Waals surface area (Å²) >= 11 is 0. The Morgan fingerprint density at radius 2 is 1.74 bits per heavy atom. The van der Waals surface area contributed by atoms with E-state index in [2.05, 4.69) is 10.1 Å². The third kappa shape index (κ3) is 4.06. The largest absolute Gasteiger partial charge is 0.369 e. The minimum Gasteiger partial charge on any atom is -0.369 e. The van der Waals surface area contributed by atoms with Crippen LogP contribution in [-0.2, 0) is 16.1 Å². The summed E-state index contributed by atoms with van der Waals surface area (Å²) in [5.41, 5.74) is -0.606. The standard InChI is InChI=1S/C29H34F4N4O2/c1-25(31,32)24-34-23(35-39-24)28-8-5-26(6-9-28,7-10-28)18-37(22(38)14-27-15-29(33,16-27)17-27)19-3-4-20(30)21(13-19)36-11-2-12-36/h3-4,13H,2,5-12,14-18H2,1H3. The van der Waals surface area contributed by atoms with Crippen LogP contribution in [0.25, 0.3) is 0 Å². The Kier molecular flexibility index (Phi) is 5.32. The SMILES string of the molecule is CC(F)(F)c1nc(C23CCC(CN(C(=O)CC45CC(F)(C4)C5)c4ccc(F)c(N5CCC5)c4)(CC2)CC3)no1. The lowest BCUT2D eigenvalue weighted by atomic mass is 9.41. The number of hydrogen-bond donors (Lipinski definition) is 0. The molecule has 0 unspecified atom stereocenters. The molecule has 210 valence electrons. The van der Waals surface area contributed by atoms with E-state index in [1.165, 1.54) is 6.07 Å². The van der Waals surface area contributed by atoms with Crippen LogP contribution in [-0.4, -0.2) is 41.4 Å². The fraction of sp³-hybridized carbons (Fsp3) is 0.690. The zero-order valence-electron chi connectivity index (χ0n) is 22.2. The van der Waals surface area contributed by atoms with Gasteiger partial charge >= 0.3 is 5.92 Å². The number of carbonyl (C=O) groups is 1. The quantitative estimate of drug-likeness (QED) is 0.357. The van der Waals surface area contributed by atoms with Gasteiger partial charge < -0.3 is 14.3 Å². The first-order valence-corrected chi connectivity index (χ1v) is 14.2. The van der Waals surface area contributed by atoms with Crippen molar-refractivity contribution in [3.05, 3.63) is 35.7 Å². The van der Waals surface area contributed by atoms with E-state index >= 15 is 0 Å². The maximum Gasteiger partial charge on any atom is 0.322 e. The van der Waals surface area contributed by atoms with E-state index in [9.17, 15) is 22.4 Å². The average molecular weight is 547 g/mol. The minimum atomic E-state index is -3.18. The minimum absolute atomic E-state index is 0.0253. The highest BCUT2D eigenvalue weighted by Gasteiger charge is 2.69. The summed E-state index contributed by atoms with van der Waals surface area (Å²) in [6.07, 6.45) is 7.33. The number of amides is 1. The van der Waals surface area contributed by atoms with Gasteiger partial charge in [-0.25, -0.2) is 8.78 Å². The van der Waals surface area contributed by atoms with E-state index in [1.54, 1.807) is 12.1 Å². The molecular formula is C29H34F4N4O2. The molecular weight excluding hydrogens is 512 g/mol. The Hall–Kier alpha value is -2.65. The number of benzene rings is 1. The second-order valence-corrected chi connectivity index (χ2v) is 13.4. The second-order valence-electron chi connectivity index (χ2n) is 13.4. The summed E-state index contributed by atoms with van der Waals surface area (Å²) in [5, 5.41) is 3.95. The molecule has 1 aromatic heterocycles. The maximum absolute atomic E-state index is 14.7. The van der Waals surface area contributed by atoms with Crippen molar-refractivity contribution in [2.75, 3.05) is 29.4 Å². The molecule has 0 N–H and O–H groups in total. The zero-order valence-corrected chi connectivity index (χ0v) is 22.2. The molecule has 9 rings (SSSR count). The summed E-state index contributed by atoms with van der Waals surface area (Å²) in [7, 11) is 0. The van der Waals surface area contributed by atoms with E-state index in [-0.39, 0.29) is 28.0 Å². The average Bonchev–Trinajstić information content (AvgIpc) is 3.35. The lowest BCUT2D eigenvalue weighted by Crippen LogP contribution is -2.65. The molecule has 10 heteroatoms.